The van der Waals surface area contributed by atoms with Crippen LogP contribution in [0.1, 0.15) is 22.4 Å². The summed E-state index contributed by atoms with van der Waals surface area (Å²) in [6.45, 7) is 3.34. The fraction of sp³-hybridized carbons (Fsp3) is 0.333. The van der Waals surface area contributed by atoms with Crippen molar-refractivity contribution < 1.29 is 14.3 Å². The number of hydrogen-bond donors (Lipinski definition) is 1. The van der Waals surface area contributed by atoms with Crippen LogP contribution in [0.5, 0.6) is 11.5 Å². The Bertz CT molecular complexity index is 928. The molecule has 0 fully saturated rings. The van der Waals surface area contributed by atoms with E-state index in [-0.39, 0.29) is 24.6 Å². The van der Waals surface area contributed by atoms with E-state index in [9.17, 15) is 9.59 Å². The van der Waals surface area contributed by atoms with Crippen LogP contribution in [0.25, 0.3) is 0 Å². The standard InChI is InChI=1S/C18H20N4O4/c1-11-12(2)21-22(18(24)14(11)8-19)10-17(23)20-9-13-5-6-15(25-3)16(7-13)26-4/h5-7H,9-10H2,1-4H3,(H,20,23). The van der Waals surface area contributed by atoms with Gasteiger partial charge in [0.15, 0.2) is 11.5 Å². The van der Waals surface area contributed by atoms with E-state index in [1.165, 1.54) is 7.11 Å². The number of nitrogens with zero attached hydrogens (tertiary/aromatic N) is 3. The summed E-state index contributed by atoms with van der Waals surface area (Å²) in [4.78, 5) is 24.4. The maximum atomic E-state index is 12.2. The van der Waals surface area contributed by atoms with E-state index in [0.717, 1.165) is 10.2 Å². The molecule has 0 saturated carbocycles. The molecule has 0 aliphatic heterocycles. The number of rotatable bonds is 6. The number of amides is 1. The van der Waals surface area contributed by atoms with Crippen LogP contribution in [0.4, 0.5) is 0 Å². The highest BCUT2D eigenvalue weighted by molar-refractivity contribution is 5.75. The summed E-state index contributed by atoms with van der Waals surface area (Å²) >= 11 is 0. The van der Waals surface area contributed by atoms with Gasteiger partial charge in [-0.1, -0.05) is 6.07 Å². The van der Waals surface area contributed by atoms with Gasteiger partial charge in [0.25, 0.3) is 5.56 Å². The molecule has 0 saturated heterocycles. The first-order chi connectivity index (χ1) is 12.4. The van der Waals surface area contributed by atoms with Crippen LogP contribution in [0.15, 0.2) is 23.0 Å². The fourth-order valence-corrected chi connectivity index (χ4v) is 2.39. The molecule has 8 heteroatoms. The second-order valence-corrected chi connectivity index (χ2v) is 5.63. The van der Waals surface area contributed by atoms with Gasteiger partial charge in [-0.05, 0) is 37.1 Å². The summed E-state index contributed by atoms with van der Waals surface area (Å²) in [6, 6.07) is 7.17. The number of aryl methyl sites for hydroxylation is 1. The number of hydrogen-bond acceptors (Lipinski definition) is 6. The third kappa shape index (κ3) is 4.00. The minimum absolute atomic E-state index is 0.00481. The summed E-state index contributed by atoms with van der Waals surface area (Å²) in [7, 11) is 3.08. The number of aromatic nitrogens is 2. The molecule has 26 heavy (non-hydrogen) atoms. The van der Waals surface area contributed by atoms with Crippen LogP contribution >= 0.6 is 0 Å². The zero-order valence-electron chi connectivity index (χ0n) is 15.1. The average molecular weight is 356 g/mol. The van der Waals surface area contributed by atoms with Gasteiger partial charge in [0, 0.05) is 6.54 Å². The van der Waals surface area contributed by atoms with Crippen molar-refractivity contribution in [1.82, 2.24) is 15.1 Å². The number of nitrogens with one attached hydrogen (secondary N) is 1. The molecular formula is C18H20N4O4. The molecule has 0 bridgehead atoms. The van der Waals surface area contributed by atoms with E-state index < -0.39 is 5.56 Å². The lowest BCUT2D eigenvalue weighted by atomic mass is 10.1. The smallest absolute Gasteiger partial charge is 0.285 e. The number of methoxy groups -OCH3 is 2. The first-order valence-electron chi connectivity index (χ1n) is 7.87. The van der Waals surface area contributed by atoms with Crippen molar-refractivity contribution in [3.8, 4) is 17.6 Å². The monoisotopic (exact) mass is 356 g/mol. The molecule has 136 valence electrons. The minimum atomic E-state index is -0.572. The van der Waals surface area contributed by atoms with Crippen molar-refractivity contribution >= 4 is 5.91 Å². The zero-order chi connectivity index (χ0) is 19.3. The van der Waals surface area contributed by atoms with Crippen molar-refractivity contribution in [3.05, 3.63) is 50.9 Å². The Hall–Kier alpha value is -3.34. The highest BCUT2D eigenvalue weighted by atomic mass is 16.5. The summed E-state index contributed by atoms with van der Waals surface area (Å²) in [5.41, 5.74) is 1.31. The maximum absolute atomic E-state index is 12.2. The normalized spacial score (nSPS) is 10.1. The lowest BCUT2D eigenvalue weighted by molar-refractivity contribution is -0.122. The van der Waals surface area contributed by atoms with E-state index in [1.54, 1.807) is 39.2 Å². The third-order valence-electron chi connectivity index (χ3n) is 3.98. The quantitative estimate of drug-likeness (QED) is 0.830. The number of benzene rings is 1. The van der Waals surface area contributed by atoms with Gasteiger partial charge in [0.1, 0.15) is 18.2 Å². The molecule has 1 aromatic heterocycles. The predicted molar refractivity (Wildman–Crippen MR) is 94.1 cm³/mol. The highest BCUT2D eigenvalue weighted by Crippen LogP contribution is 2.27. The van der Waals surface area contributed by atoms with Gasteiger partial charge in [-0.25, -0.2) is 4.68 Å². The zero-order valence-corrected chi connectivity index (χ0v) is 15.1. The number of ether oxygens (including phenoxy) is 2. The molecule has 1 amide bonds. The van der Waals surface area contributed by atoms with Crippen LogP contribution in [-0.4, -0.2) is 29.9 Å². The minimum Gasteiger partial charge on any atom is -0.493 e. The summed E-state index contributed by atoms with van der Waals surface area (Å²) in [5.74, 6) is 0.768. The van der Waals surface area contributed by atoms with E-state index in [2.05, 4.69) is 10.4 Å². The number of nitriles is 1. The van der Waals surface area contributed by atoms with Crippen molar-refractivity contribution in [2.75, 3.05) is 14.2 Å². The van der Waals surface area contributed by atoms with E-state index in [0.29, 0.717) is 22.8 Å². The Kier molecular flexibility index (Phi) is 5.96. The van der Waals surface area contributed by atoms with Crippen LogP contribution in [0.2, 0.25) is 0 Å². The van der Waals surface area contributed by atoms with Gasteiger partial charge >= 0.3 is 0 Å². The van der Waals surface area contributed by atoms with Crippen LogP contribution < -0.4 is 20.3 Å². The molecule has 0 aliphatic carbocycles. The van der Waals surface area contributed by atoms with Crippen molar-refractivity contribution in [3.63, 3.8) is 0 Å². The molecule has 1 aromatic carbocycles. The van der Waals surface area contributed by atoms with Crippen LogP contribution in [-0.2, 0) is 17.9 Å². The third-order valence-corrected chi connectivity index (χ3v) is 3.98. The van der Waals surface area contributed by atoms with Gasteiger partial charge in [-0.15, -0.1) is 0 Å². The number of carbonyl (C=O) groups excluding carboxylic acids is 1. The Morgan fingerprint density at radius 1 is 1.27 bits per heavy atom. The Balaban J connectivity index is 2.10. The van der Waals surface area contributed by atoms with E-state index >= 15 is 0 Å². The second-order valence-electron chi connectivity index (χ2n) is 5.63. The summed E-state index contributed by atoms with van der Waals surface area (Å²) in [6.07, 6.45) is 0. The van der Waals surface area contributed by atoms with E-state index in [4.69, 9.17) is 14.7 Å². The molecule has 8 nitrogen and oxygen atoms in total. The van der Waals surface area contributed by atoms with Gasteiger partial charge < -0.3 is 14.8 Å². The SMILES string of the molecule is COc1ccc(CNC(=O)Cn2nc(C)c(C)c(C#N)c2=O)cc1OC. The average Bonchev–Trinajstić information content (AvgIpc) is 2.64. The molecule has 2 rings (SSSR count). The molecule has 2 aromatic rings. The second kappa shape index (κ2) is 8.16. The molecule has 0 radical (unpaired) electrons. The van der Waals surface area contributed by atoms with Crippen molar-refractivity contribution in [1.29, 1.82) is 5.26 Å². The Morgan fingerprint density at radius 3 is 2.58 bits per heavy atom. The lowest BCUT2D eigenvalue weighted by Crippen LogP contribution is -2.35. The molecular weight excluding hydrogens is 336 g/mol. The molecule has 1 N–H and O–H groups in total. The molecule has 0 aliphatic rings. The van der Waals surface area contributed by atoms with Gasteiger partial charge in [0.05, 0.1) is 19.9 Å². The molecule has 1 heterocycles. The summed E-state index contributed by atoms with van der Waals surface area (Å²) < 4.78 is 11.4. The van der Waals surface area contributed by atoms with Crippen LogP contribution in [0, 0.1) is 25.2 Å². The van der Waals surface area contributed by atoms with Crippen molar-refractivity contribution in [2.45, 2.75) is 26.9 Å². The lowest BCUT2D eigenvalue weighted by Gasteiger charge is -2.11. The first-order valence-corrected chi connectivity index (χ1v) is 7.87. The largest absolute Gasteiger partial charge is 0.493 e. The predicted octanol–water partition coefficient (Wildman–Crippen LogP) is 1.07. The fourth-order valence-electron chi connectivity index (χ4n) is 2.39. The van der Waals surface area contributed by atoms with Gasteiger partial charge in [0.2, 0.25) is 5.91 Å². The summed E-state index contributed by atoms with van der Waals surface area (Å²) in [5, 5.41) is 15.9. The molecule has 0 spiro atoms. The van der Waals surface area contributed by atoms with Gasteiger partial charge in [-0.3, -0.25) is 9.59 Å². The first kappa shape index (κ1) is 19.0. The van der Waals surface area contributed by atoms with Crippen molar-refractivity contribution in [2.24, 2.45) is 0 Å². The molecule has 0 unspecified atom stereocenters. The number of carbonyl (C=O) groups is 1. The van der Waals surface area contributed by atoms with Crippen LogP contribution in [0.3, 0.4) is 0 Å². The topological polar surface area (TPSA) is 106 Å². The van der Waals surface area contributed by atoms with Gasteiger partial charge in [-0.2, -0.15) is 10.4 Å². The van der Waals surface area contributed by atoms with E-state index in [1.807, 2.05) is 6.07 Å². The highest BCUT2D eigenvalue weighted by Gasteiger charge is 2.14. The molecule has 0 atom stereocenters. The Labute approximate surface area is 151 Å². The Morgan fingerprint density at radius 2 is 1.96 bits per heavy atom. The maximum Gasteiger partial charge on any atom is 0.285 e.